The maximum Gasteiger partial charge on any atom is 0.234 e. The zero-order valence-electron chi connectivity index (χ0n) is 18.3. The van der Waals surface area contributed by atoms with Gasteiger partial charge in [-0.3, -0.25) is 9.36 Å². The minimum atomic E-state index is -0.191. The molecule has 3 aromatic carbocycles. The van der Waals surface area contributed by atoms with Gasteiger partial charge in [0.2, 0.25) is 5.91 Å². The molecule has 0 saturated carbocycles. The van der Waals surface area contributed by atoms with E-state index in [4.69, 9.17) is 16.3 Å². The average molecular weight is 479 g/mol. The Morgan fingerprint density at radius 1 is 1.06 bits per heavy atom. The normalized spacial score (nSPS) is 10.8. The smallest absolute Gasteiger partial charge is 0.234 e. The van der Waals surface area contributed by atoms with Crippen LogP contribution in [0.5, 0.6) is 5.75 Å². The number of halogens is 1. The molecule has 0 atom stereocenters. The molecule has 8 heteroatoms. The lowest BCUT2D eigenvalue weighted by molar-refractivity contribution is -0.113. The molecule has 0 radical (unpaired) electrons. The molecule has 0 unspecified atom stereocenters. The highest BCUT2D eigenvalue weighted by Gasteiger charge is 2.17. The molecule has 168 valence electrons. The lowest BCUT2D eigenvalue weighted by atomic mass is 10.1. The molecular weight excluding hydrogens is 456 g/mol. The quantitative estimate of drug-likeness (QED) is 0.336. The predicted molar refractivity (Wildman–Crippen MR) is 133 cm³/mol. The number of amides is 1. The maximum absolute atomic E-state index is 12.7. The zero-order valence-corrected chi connectivity index (χ0v) is 19.9. The Kier molecular flexibility index (Phi) is 7.32. The fourth-order valence-electron chi connectivity index (χ4n) is 3.33. The van der Waals surface area contributed by atoms with Crippen LogP contribution in [0.3, 0.4) is 0 Å². The Morgan fingerprint density at radius 2 is 1.82 bits per heavy atom. The molecule has 33 heavy (non-hydrogen) atoms. The van der Waals surface area contributed by atoms with Gasteiger partial charge in [-0.2, -0.15) is 0 Å². The summed E-state index contributed by atoms with van der Waals surface area (Å²) in [6.07, 6.45) is 0.633. The predicted octanol–water partition coefficient (Wildman–Crippen LogP) is 5.56. The van der Waals surface area contributed by atoms with Crippen molar-refractivity contribution >= 4 is 35.0 Å². The number of benzene rings is 3. The summed E-state index contributed by atoms with van der Waals surface area (Å²) in [7, 11) is 1.55. The second kappa shape index (κ2) is 10.6. The Balaban J connectivity index is 1.55. The largest absolute Gasteiger partial charge is 0.495 e. The van der Waals surface area contributed by atoms with Crippen LogP contribution in [-0.4, -0.2) is 33.5 Å². The number of anilines is 1. The monoisotopic (exact) mass is 478 g/mol. The molecule has 0 aliphatic rings. The maximum atomic E-state index is 12.7. The van der Waals surface area contributed by atoms with E-state index in [1.54, 1.807) is 25.3 Å². The summed E-state index contributed by atoms with van der Waals surface area (Å²) in [5, 5.41) is 12.8. The second-order valence-electron chi connectivity index (χ2n) is 7.41. The van der Waals surface area contributed by atoms with E-state index in [0.29, 0.717) is 28.0 Å². The molecule has 0 spiro atoms. The Bertz CT molecular complexity index is 1240. The summed E-state index contributed by atoms with van der Waals surface area (Å²) in [5.41, 5.74) is 3.79. The van der Waals surface area contributed by atoms with E-state index in [-0.39, 0.29) is 11.7 Å². The van der Waals surface area contributed by atoms with Gasteiger partial charge in [-0.25, -0.2) is 0 Å². The van der Waals surface area contributed by atoms with Crippen LogP contribution in [0.2, 0.25) is 5.02 Å². The molecule has 0 aliphatic carbocycles. The Hall–Kier alpha value is -3.29. The van der Waals surface area contributed by atoms with Crippen molar-refractivity contribution in [2.75, 3.05) is 18.2 Å². The highest BCUT2D eigenvalue weighted by molar-refractivity contribution is 7.99. The molecule has 0 saturated heterocycles. The number of ether oxygens (including phenoxy) is 1. The fourth-order valence-corrected chi connectivity index (χ4v) is 4.28. The number of aromatic nitrogens is 3. The summed E-state index contributed by atoms with van der Waals surface area (Å²) in [6.45, 7) is 2.05. The van der Waals surface area contributed by atoms with Gasteiger partial charge in [0.15, 0.2) is 5.16 Å². The van der Waals surface area contributed by atoms with Crippen molar-refractivity contribution in [2.45, 2.75) is 18.5 Å². The molecule has 1 amide bonds. The minimum absolute atomic E-state index is 0.158. The van der Waals surface area contributed by atoms with Gasteiger partial charge in [0, 0.05) is 17.1 Å². The van der Waals surface area contributed by atoms with Crippen LogP contribution in [0.25, 0.3) is 5.69 Å². The topological polar surface area (TPSA) is 69.0 Å². The number of carbonyl (C=O) groups excluding carboxylic acids is 1. The average Bonchev–Trinajstić information content (AvgIpc) is 3.21. The van der Waals surface area contributed by atoms with Crippen molar-refractivity contribution in [1.29, 1.82) is 0 Å². The number of methoxy groups -OCH3 is 1. The van der Waals surface area contributed by atoms with Crippen LogP contribution in [0.4, 0.5) is 5.69 Å². The first kappa shape index (κ1) is 22.9. The summed E-state index contributed by atoms with van der Waals surface area (Å²) >= 11 is 7.39. The van der Waals surface area contributed by atoms with E-state index < -0.39 is 0 Å². The van der Waals surface area contributed by atoms with Crippen LogP contribution >= 0.6 is 23.4 Å². The summed E-state index contributed by atoms with van der Waals surface area (Å²) in [6, 6.07) is 23.4. The molecule has 1 heterocycles. The molecule has 4 aromatic rings. The van der Waals surface area contributed by atoms with Crippen molar-refractivity contribution in [3.63, 3.8) is 0 Å². The third-order valence-electron chi connectivity index (χ3n) is 4.97. The molecule has 0 aliphatic heterocycles. The molecule has 1 N–H and O–H groups in total. The number of hydrogen-bond acceptors (Lipinski definition) is 5. The first-order valence-corrected chi connectivity index (χ1v) is 11.7. The van der Waals surface area contributed by atoms with Gasteiger partial charge in [0.05, 0.1) is 18.6 Å². The van der Waals surface area contributed by atoms with Crippen molar-refractivity contribution in [2.24, 2.45) is 0 Å². The molecule has 4 rings (SSSR count). The highest BCUT2D eigenvalue weighted by Crippen LogP contribution is 2.29. The van der Waals surface area contributed by atoms with Gasteiger partial charge in [-0.1, -0.05) is 71.4 Å². The third kappa shape index (κ3) is 5.74. The van der Waals surface area contributed by atoms with Gasteiger partial charge in [-0.15, -0.1) is 10.2 Å². The fraction of sp³-hybridized carbons (Fsp3) is 0.160. The zero-order chi connectivity index (χ0) is 23.2. The van der Waals surface area contributed by atoms with Crippen LogP contribution in [-0.2, 0) is 11.2 Å². The molecular formula is C25H23ClN4O2S. The van der Waals surface area contributed by atoms with Crippen molar-refractivity contribution in [3.05, 3.63) is 94.8 Å². The number of nitrogens with zero attached hydrogens (tertiary/aromatic N) is 3. The lowest BCUT2D eigenvalue weighted by Crippen LogP contribution is -2.15. The molecule has 1 aromatic heterocycles. The SMILES string of the molecule is COc1ccc(Cl)cc1NC(=O)CSc1nnc(Cc2ccccc2)n1-c1ccc(C)cc1. The number of aryl methyl sites for hydroxylation is 1. The minimum Gasteiger partial charge on any atom is -0.495 e. The van der Waals surface area contributed by atoms with Gasteiger partial charge in [-0.05, 0) is 42.8 Å². The van der Waals surface area contributed by atoms with Crippen molar-refractivity contribution in [1.82, 2.24) is 14.8 Å². The Morgan fingerprint density at radius 3 is 2.55 bits per heavy atom. The van der Waals surface area contributed by atoms with E-state index in [2.05, 4.69) is 27.6 Å². The first-order valence-electron chi connectivity index (χ1n) is 10.3. The van der Waals surface area contributed by atoms with Gasteiger partial charge in [0.25, 0.3) is 0 Å². The Labute approximate surface area is 202 Å². The summed E-state index contributed by atoms with van der Waals surface area (Å²) in [5.74, 6) is 1.32. The highest BCUT2D eigenvalue weighted by atomic mass is 35.5. The molecule has 6 nitrogen and oxygen atoms in total. The van der Waals surface area contributed by atoms with E-state index in [0.717, 1.165) is 17.1 Å². The van der Waals surface area contributed by atoms with E-state index in [1.807, 2.05) is 54.0 Å². The molecule has 0 bridgehead atoms. The van der Waals surface area contributed by atoms with Crippen molar-refractivity contribution < 1.29 is 9.53 Å². The van der Waals surface area contributed by atoms with Crippen LogP contribution in [0, 0.1) is 6.92 Å². The van der Waals surface area contributed by atoms with Crippen LogP contribution in [0.15, 0.2) is 78.0 Å². The van der Waals surface area contributed by atoms with Gasteiger partial charge in [0.1, 0.15) is 11.6 Å². The van der Waals surface area contributed by atoms with Gasteiger partial charge >= 0.3 is 0 Å². The second-order valence-corrected chi connectivity index (χ2v) is 8.79. The number of nitrogens with one attached hydrogen (secondary N) is 1. The first-order chi connectivity index (χ1) is 16.0. The number of carbonyl (C=O) groups is 1. The standard InChI is InChI=1S/C25H23ClN4O2S/c1-17-8-11-20(12-9-17)30-23(14-18-6-4-3-5-7-18)28-29-25(30)33-16-24(31)27-21-15-19(26)10-13-22(21)32-2/h3-13,15H,14,16H2,1-2H3,(H,27,31). The van der Waals surface area contributed by atoms with Crippen LogP contribution < -0.4 is 10.1 Å². The number of thioether (sulfide) groups is 1. The van der Waals surface area contributed by atoms with E-state index in [1.165, 1.54) is 17.3 Å². The van der Waals surface area contributed by atoms with Crippen molar-refractivity contribution in [3.8, 4) is 11.4 Å². The summed E-state index contributed by atoms with van der Waals surface area (Å²) < 4.78 is 7.31. The van der Waals surface area contributed by atoms with Gasteiger partial charge < -0.3 is 10.1 Å². The summed E-state index contributed by atoms with van der Waals surface area (Å²) in [4.78, 5) is 12.7. The number of rotatable bonds is 8. The van der Waals surface area contributed by atoms with E-state index >= 15 is 0 Å². The lowest BCUT2D eigenvalue weighted by Gasteiger charge is -2.12. The van der Waals surface area contributed by atoms with Crippen LogP contribution in [0.1, 0.15) is 17.0 Å². The van der Waals surface area contributed by atoms with E-state index in [9.17, 15) is 4.79 Å². The molecule has 0 fully saturated rings. The number of hydrogen-bond donors (Lipinski definition) is 1. The third-order valence-corrected chi connectivity index (χ3v) is 6.13.